The van der Waals surface area contributed by atoms with Crippen LogP contribution in [0.1, 0.15) is 49.7 Å². The van der Waals surface area contributed by atoms with Gasteiger partial charge in [0.25, 0.3) is 0 Å². The molecule has 0 atom stereocenters. The maximum atomic E-state index is 11.2. The highest BCUT2D eigenvalue weighted by Crippen LogP contribution is 2.63. The zero-order chi connectivity index (χ0) is 72.0. The van der Waals surface area contributed by atoms with Crippen molar-refractivity contribution in [2.75, 3.05) is 4.90 Å². The number of para-hydroxylation sites is 6. The zero-order valence-electron chi connectivity index (χ0n) is 63.5. The number of fused-ring (bicyclic) bond motifs is 15. The molecule has 0 N–H and O–H groups in total. The Balaban J connectivity index is 1.05. The monoisotopic (exact) mass is 1090 g/mol. The Morgan fingerprint density at radius 3 is 1.33 bits per heavy atom. The van der Waals surface area contributed by atoms with Crippen LogP contribution in [0.3, 0.4) is 0 Å². The first-order valence-electron chi connectivity index (χ1n) is 36.8. The molecule has 3 aromatic heterocycles. The smallest absolute Gasteiger partial charge is 0.240 e. The third-order valence-electron chi connectivity index (χ3n) is 16.3. The van der Waals surface area contributed by atoms with Crippen molar-refractivity contribution in [2.45, 2.75) is 5.41 Å². The predicted octanol–water partition coefficient (Wildman–Crippen LogP) is 15.3. The van der Waals surface area contributed by atoms with Crippen LogP contribution in [0.15, 0.2) is 303 Å². The molecule has 0 amide bonds. The van der Waals surface area contributed by atoms with Crippen LogP contribution in [0.4, 0.5) is 17.1 Å². The Bertz CT molecular complexity index is 5870. The lowest BCUT2D eigenvalue weighted by molar-refractivity contribution is 0.753. The molecule has 7 heteroatoms. The molecule has 0 saturated carbocycles. The summed E-state index contributed by atoms with van der Waals surface area (Å²) in [6, 6.07) is 45.0. The second kappa shape index (κ2) is 18.4. The number of aromatic nitrogens is 5. The zero-order valence-corrected chi connectivity index (χ0v) is 44.5. The highest BCUT2D eigenvalue weighted by atomic mass is 28.3. The molecule has 0 unspecified atom stereocenters. The van der Waals surface area contributed by atoms with Crippen LogP contribution in [0.5, 0.6) is 0 Å². The molecule has 15 aromatic rings. The van der Waals surface area contributed by atoms with Gasteiger partial charge in [-0.15, -0.1) is 0 Å². The fourth-order valence-electron chi connectivity index (χ4n) is 13.1. The van der Waals surface area contributed by atoms with Gasteiger partial charge in [-0.1, -0.05) is 254 Å². The highest BCUT2D eigenvalue weighted by molar-refractivity contribution is 7.20. The highest BCUT2D eigenvalue weighted by Gasteiger charge is 2.52. The summed E-state index contributed by atoms with van der Waals surface area (Å²) < 4.78 is 191. The van der Waals surface area contributed by atoms with E-state index >= 15 is 0 Å². The van der Waals surface area contributed by atoms with Crippen molar-refractivity contribution in [2.24, 2.45) is 0 Å². The van der Waals surface area contributed by atoms with Gasteiger partial charge in [0, 0.05) is 32.8 Å². The summed E-state index contributed by atoms with van der Waals surface area (Å²) in [6.45, 7) is 0. The Hall–Kier alpha value is -10.7. The molecule has 17 rings (SSSR count). The summed E-state index contributed by atoms with van der Waals surface area (Å²) in [6.07, 6.45) is 0. The topological polar surface area (TPSA) is 51.8 Å². The molecule has 12 aromatic carbocycles. The van der Waals surface area contributed by atoms with Crippen LogP contribution < -0.4 is 25.6 Å². The van der Waals surface area contributed by atoms with Crippen molar-refractivity contribution in [3.63, 3.8) is 0 Å². The molecule has 1 spiro atoms. The second-order valence-corrected chi connectivity index (χ2v) is 24.0. The Morgan fingerprint density at radius 2 is 0.795 bits per heavy atom. The predicted molar refractivity (Wildman–Crippen MR) is 343 cm³/mol. The SMILES string of the molecule is [2H]c1c([2H])c(-c2nc(-n3c4c([2H])c([2H])c([2H])c([2H])c4c4c([2H])c([2H])c([2H])c([2H])c43)nc(-n3c4c([2H])c([2H])c([2H])c([2H])c4c4c([2H])c([2H])c([2H])c([2H])c43)n2)c([2H])c([Si](c2ccccc2)(c2ccccc2)c2ccc3c(c2)N(c2ccccc2)c2ccccc2C32c3ccccc3-c3ccccc32)c1[2H]. The third-order valence-corrected chi connectivity index (χ3v) is 20.9. The third kappa shape index (κ3) is 6.74. The van der Waals surface area contributed by atoms with E-state index in [9.17, 15) is 16.4 Å². The van der Waals surface area contributed by atoms with Crippen molar-refractivity contribution in [3.8, 4) is 34.4 Å². The van der Waals surface area contributed by atoms with E-state index in [0.717, 1.165) is 59.6 Å². The quantitative estimate of drug-likeness (QED) is 0.112. The average molecular weight is 1100 g/mol. The van der Waals surface area contributed by atoms with E-state index in [1.807, 2.05) is 133 Å². The molecule has 2 aliphatic rings. The number of hydrogen-bond acceptors (Lipinski definition) is 4. The van der Waals surface area contributed by atoms with E-state index in [4.69, 9.17) is 25.9 Å². The van der Waals surface area contributed by atoms with Gasteiger partial charge in [0.2, 0.25) is 11.9 Å². The van der Waals surface area contributed by atoms with Crippen LogP contribution in [0.2, 0.25) is 0 Å². The first-order chi connectivity index (χ1) is 49.5. The van der Waals surface area contributed by atoms with Gasteiger partial charge in [0.05, 0.1) is 66.3 Å². The molecule has 4 heterocycles. The summed E-state index contributed by atoms with van der Waals surface area (Å²) in [4.78, 5) is 17.1. The van der Waals surface area contributed by atoms with E-state index in [-0.39, 0.29) is 5.19 Å². The number of hydrogen-bond donors (Lipinski definition) is 0. The van der Waals surface area contributed by atoms with Crippen LogP contribution >= 0.6 is 0 Å². The molecule has 0 fully saturated rings. The maximum absolute atomic E-state index is 11.2. The molecule has 83 heavy (non-hydrogen) atoms. The average Bonchev–Trinajstić information content (AvgIpc) is 1.61. The van der Waals surface area contributed by atoms with Crippen LogP contribution in [-0.4, -0.2) is 32.2 Å². The molecule has 1 aliphatic heterocycles. The molecule has 6 nitrogen and oxygen atoms in total. The van der Waals surface area contributed by atoms with Crippen molar-refractivity contribution in [3.05, 3.63) is 325 Å². The minimum absolute atomic E-state index is 0.0432. The molecule has 0 radical (unpaired) electrons. The molecule has 388 valence electrons. The van der Waals surface area contributed by atoms with Crippen molar-refractivity contribution >= 4 is 89.5 Å². The summed E-state index contributed by atoms with van der Waals surface area (Å²) in [5, 5.41) is 0.213. The largest absolute Gasteiger partial charge is 0.310 e. The van der Waals surface area contributed by atoms with E-state index in [2.05, 4.69) is 53.4 Å². The van der Waals surface area contributed by atoms with Crippen molar-refractivity contribution in [1.29, 1.82) is 0 Å². The lowest BCUT2D eigenvalue weighted by Gasteiger charge is -2.46. The van der Waals surface area contributed by atoms with Gasteiger partial charge >= 0.3 is 0 Å². The van der Waals surface area contributed by atoms with Gasteiger partial charge in [-0.2, -0.15) is 15.0 Å². The summed E-state index contributed by atoms with van der Waals surface area (Å²) >= 11 is 0. The van der Waals surface area contributed by atoms with Crippen molar-refractivity contribution < 1.29 is 27.4 Å². The van der Waals surface area contributed by atoms with Gasteiger partial charge in [-0.25, -0.2) is 0 Å². The summed E-state index contributed by atoms with van der Waals surface area (Å²) in [7, 11) is -4.49. The minimum atomic E-state index is -4.49. The van der Waals surface area contributed by atoms with E-state index in [1.54, 1.807) is 0 Å². The summed E-state index contributed by atoms with van der Waals surface area (Å²) in [5.41, 5.74) is 5.14. The normalized spacial score (nSPS) is 16.5. The lowest BCUT2D eigenvalue weighted by atomic mass is 9.64. The van der Waals surface area contributed by atoms with E-state index < -0.39 is 201 Å². The Labute approximate surface area is 509 Å². The van der Waals surface area contributed by atoms with Gasteiger partial charge in [0.1, 0.15) is 0 Å². The molecular weight excluding hydrogens is 1020 g/mol. The number of nitrogens with zero attached hydrogens (tertiary/aromatic N) is 6. The maximum Gasteiger partial charge on any atom is 0.240 e. The lowest BCUT2D eigenvalue weighted by Crippen LogP contribution is -2.74. The Kier molecular flexibility index (Phi) is 6.94. The van der Waals surface area contributed by atoms with E-state index in [1.165, 1.54) is 0 Å². The number of anilines is 3. The molecular formula is C76H50N6Si. The number of rotatable bonds is 8. The number of benzene rings is 12. The van der Waals surface area contributed by atoms with Crippen LogP contribution in [0, 0.1) is 0 Å². The summed E-state index contributed by atoms with van der Waals surface area (Å²) in [5.74, 6) is -2.19. The molecule has 0 bridgehead atoms. The van der Waals surface area contributed by atoms with Crippen LogP contribution in [-0.2, 0) is 5.41 Å². The molecule has 1 aliphatic carbocycles. The van der Waals surface area contributed by atoms with Gasteiger partial charge < -0.3 is 4.90 Å². The fourth-order valence-corrected chi connectivity index (χ4v) is 17.6. The van der Waals surface area contributed by atoms with E-state index in [0.29, 0.717) is 15.6 Å². The first kappa shape index (κ1) is 31.3. The van der Waals surface area contributed by atoms with Crippen LogP contribution in [0.25, 0.3) is 78.0 Å². The Morgan fingerprint density at radius 1 is 0.349 bits per heavy atom. The van der Waals surface area contributed by atoms with Crippen molar-refractivity contribution in [1.82, 2.24) is 24.1 Å². The van der Waals surface area contributed by atoms with Gasteiger partial charge in [0.15, 0.2) is 13.9 Å². The minimum Gasteiger partial charge on any atom is -0.310 e. The standard InChI is InChI=1S/C76H50N6Si/c1-4-26-52(27-5-1)80-71-46-23-18-41-65(71)76(63-39-16-10-33-57(63)58-34-11-17-40-64(58)76)66-48-47-56(50-72(66)80)83(53-28-6-2-7-29-53,54-30-8-3-9-31-54)55-32-24-25-51(49-55)73-77-74(81-67-42-19-12-35-59(67)60-36-13-20-43-68(60)81)79-75(78-73)82-69-44-21-14-37-61(69)62-38-15-22-45-70(62)82/h1-50H/i12D,13D,14D,15D,19D,20D,21D,22D,24D,25D,32D,35D,36D,37D,38D,42D,43D,44D,45D,49D. The fraction of sp³-hybridized carbons (Fsp3) is 0.0132. The van der Waals surface area contributed by atoms with Gasteiger partial charge in [-0.3, -0.25) is 9.13 Å². The molecule has 0 saturated heterocycles. The second-order valence-electron chi connectivity index (χ2n) is 20.3. The van der Waals surface area contributed by atoms with Gasteiger partial charge in [-0.05, 0) is 103 Å². The first-order valence-corrected chi connectivity index (χ1v) is 28.8.